The zero-order valence-electron chi connectivity index (χ0n) is 12.2. The highest BCUT2D eigenvalue weighted by Crippen LogP contribution is 2.29. The van der Waals surface area contributed by atoms with Crippen LogP contribution in [0, 0.1) is 5.92 Å². The van der Waals surface area contributed by atoms with E-state index in [9.17, 15) is 0 Å². The monoisotopic (exact) mass is 263 g/mol. The van der Waals surface area contributed by atoms with Crippen LogP contribution in [0.5, 0.6) is 0 Å². The number of nitrogens with two attached hydrogens (primary N) is 1. The summed E-state index contributed by atoms with van der Waals surface area (Å²) in [7, 11) is 0. The fourth-order valence-electron chi connectivity index (χ4n) is 2.31. The van der Waals surface area contributed by atoms with Gasteiger partial charge in [-0.15, -0.1) is 0 Å². The maximum Gasteiger partial charge on any atom is 0.157 e. The molecule has 106 valence electrons. The average Bonchev–Trinajstić information content (AvgIpc) is 2.42. The zero-order valence-corrected chi connectivity index (χ0v) is 12.2. The van der Waals surface area contributed by atoms with Crippen molar-refractivity contribution < 1.29 is 0 Å². The van der Waals surface area contributed by atoms with Crippen molar-refractivity contribution in [1.29, 1.82) is 0 Å². The first kappa shape index (κ1) is 13.9. The van der Waals surface area contributed by atoms with Crippen molar-refractivity contribution in [1.82, 2.24) is 9.97 Å². The fraction of sp³-hybridized carbons (Fsp3) is 0.714. The Bertz CT molecular complexity index is 412. The van der Waals surface area contributed by atoms with Gasteiger partial charge in [-0.05, 0) is 32.1 Å². The Morgan fingerprint density at radius 1 is 1.42 bits per heavy atom. The summed E-state index contributed by atoms with van der Waals surface area (Å²) in [5.41, 5.74) is 6.90. The summed E-state index contributed by atoms with van der Waals surface area (Å²) in [6, 6.07) is 0.367. The molecule has 1 aromatic rings. The van der Waals surface area contributed by atoms with Gasteiger partial charge in [0.1, 0.15) is 12.0 Å². The van der Waals surface area contributed by atoms with Crippen LogP contribution in [-0.4, -0.2) is 29.1 Å². The van der Waals surface area contributed by atoms with Crippen LogP contribution < -0.4 is 16.0 Å². The molecule has 3 N–H and O–H groups in total. The molecular weight excluding hydrogens is 238 g/mol. The zero-order chi connectivity index (χ0) is 13.8. The van der Waals surface area contributed by atoms with E-state index >= 15 is 0 Å². The topological polar surface area (TPSA) is 67.1 Å². The third-order valence-electron chi connectivity index (χ3n) is 3.94. The second kappa shape index (κ2) is 6.08. The van der Waals surface area contributed by atoms with Gasteiger partial charge in [0.05, 0.1) is 0 Å². The van der Waals surface area contributed by atoms with Crippen LogP contribution in [0.15, 0.2) is 6.33 Å². The van der Waals surface area contributed by atoms with Crippen LogP contribution in [0.1, 0.15) is 40.0 Å². The lowest BCUT2D eigenvalue weighted by atomic mass is 9.99. The van der Waals surface area contributed by atoms with E-state index in [2.05, 4.69) is 41.0 Å². The van der Waals surface area contributed by atoms with Crippen LogP contribution in [0.4, 0.5) is 17.3 Å². The van der Waals surface area contributed by atoms with Crippen molar-refractivity contribution in [2.24, 2.45) is 5.92 Å². The minimum atomic E-state index is 0.367. The highest BCUT2D eigenvalue weighted by atomic mass is 15.2. The molecule has 0 bridgehead atoms. The number of aromatic nitrogens is 2. The number of hydrogen-bond donors (Lipinski definition) is 2. The van der Waals surface area contributed by atoms with Gasteiger partial charge in [-0.1, -0.05) is 13.8 Å². The van der Waals surface area contributed by atoms with E-state index in [0.717, 1.165) is 37.1 Å². The van der Waals surface area contributed by atoms with Gasteiger partial charge >= 0.3 is 0 Å². The molecule has 1 fully saturated rings. The van der Waals surface area contributed by atoms with E-state index in [1.807, 2.05) is 0 Å². The molecule has 1 aromatic heterocycles. The Morgan fingerprint density at radius 2 is 2.11 bits per heavy atom. The Morgan fingerprint density at radius 3 is 2.74 bits per heavy atom. The van der Waals surface area contributed by atoms with Crippen LogP contribution in [0.25, 0.3) is 0 Å². The normalized spacial score (nSPS) is 18.4. The largest absolute Gasteiger partial charge is 0.393 e. The first-order valence-electron chi connectivity index (χ1n) is 7.23. The Kier molecular flexibility index (Phi) is 4.45. The van der Waals surface area contributed by atoms with Gasteiger partial charge < -0.3 is 16.0 Å². The maximum absolute atomic E-state index is 6.22. The van der Waals surface area contributed by atoms with Gasteiger partial charge in [0, 0.05) is 19.1 Å². The third-order valence-corrected chi connectivity index (χ3v) is 3.94. The molecule has 0 radical (unpaired) electrons. The first-order valence-corrected chi connectivity index (χ1v) is 7.23. The van der Waals surface area contributed by atoms with Gasteiger partial charge in [-0.2, -0.15) is 0 Å². The predicted octanol–water partition coefficient (Wildman–Crippen LogP) is 2.51. The summed E-state index contributed by atoms with van der Waals surface area (Å²) < 4.78 is 0. The van der Waals surface area contributed by atoms with E-state index < -0.39 is 0 Å². The molecule has 0 aromatic carbocycles. The van der Waals surface area contributed by atoms with E-state index in [1.165, 1.54) is 12.8 Å². The molecule has 1 unspecified atom stereocenters. The van der Waals surface area contributed by atoms with Crippen LogP contribution in [-0.2, 0) is 0 Å². The smallest absolute Gasteiger partial charge is 0.157 e. The van der Waals surface area contributed by atoms with E-state index in [0.29, 0.717) is 11.7 Å². The molecule has 1 aliphatic heterocycles. The average molecular weight is 263 g/mol. The van der Waals surface area contributed by atoms with Gasteiger partial charge in [0.25, 0.3) is 0 Å². The molecule has 2 heterocycles. The van der Waals surface area contributed by atoms with Crippen molar-refractivity contribution in [3.05, 3.63) is 6.33 Å². The van der Waals surface area contributed by atoms with Gasteiger partial charge in [-0.3, -0.25) is 0 Å². The van der Waals surface area contributed by atoms with Gasteiger partial charge in [0.2, 0.25) is 0 Å². The maximum atomic E-state index is 6.22. The van der Waals surface area contributed by atoms with E-state index in [-0.39, 0.29) is 0 Å². The molecule has 5 nitrogen and oxygen atoms in total. The van der Waals surface area contributed by atoms with Gasteiger partial charge in [0.15, 0.2) is 11.6 Å². The van der Waals surface area contributed by atoms with Crippen molar-refractivity contribution in [3.63, 3.8) is 0 Å². The number of rotatable bonds is 4. The number of nitrogens with one attached hydrogen (secondary N) is 1. The molecule has 0 aliphatic carbocycles. The number of anilines is 3. The third kappa shape index (κ3) is 3.28. The molecule has 1 atom stereocenters. The lowest BCUT2D eigenvalue weighted by molar-refractivity contribution is 0.437. The minimum absolute atomic E-state index is 0.367. The number of piperidine rings is 1. The Balaban J connectivity index is 2.15. The van der Waals surface area contributed by atoms with Crippen molar-refractivity contribution in [2.75, 3.05) is 29.0 Å². The molecule has 1 saturated heterocycles. The van der Waals surface area contributed by atoms with Crippen LogP contribution in [0.2, 0.25) is 0 Å². The highest BCUT2D eigenvalue weighted by molar-refractivity contribution is 5.75. The first-order chi connectivity index (χ1) is 9.11. The minimum Gasteiger partial charge on any atom is -0.393 e. The van der Waals surface area contributed by atoms with E-state index in [4.69, 9.17) is 5.73 Å². The highest BCUT2D eigenvalue weighted by Gasteiger charge is 2.20. The molecule has 0 amide bonds. The predicted molar refractivity (Wildman–Crippen MR) is 80.4 cm³/mol. The van der Waals surface area contributed by atoms with Crippen LogP contribution in [0.3, 0.4) is 0 Å². The Hall–Kier alpha value is -1.52. The Labute approximate surface area is 115 Å². The summed E-state index contributed by atoms with van der Waals surface area (Å²) in [5.74, 6) is 2.45. The van der Waals surface area contributed by atoms with Crippen molar-refractivity contribution in [2.45, 2.75) is 46.1 Å². The fourth-order valence-corrected chi connectivity index (χ4v) is 2.31. The SMILES string of the molecule is CCC(C)Nc1ncnc(N2CCC(C)CC2)c1N. The lowest BCUT2D eigenvalue weighted by Gasteiger charge is -2.32. The molecule has 2 rings (SSSR count). The van der Waals surface area contributed by atoms with Crippen molar-refractivity contribution >= 4 is 17.3 Å². The standard InChI is InChI=1S/C14H25N5/c1-4-11(3)18-13-12(15)14(17-9-16-13)19-7-5-10(2)6-8-19/h9-11H,4-8,15H2,1-3H3,(H,16,17,18). The summed E-state index contributed by atoms with van der Waals surface area (Å²) in [6.45, 7) is 8.64. The summed E-state index contributed by atoms with van der Waals surface area (Å²) >= 11 is 0. The molecule has 1 aliphatic rings. The van der Waals surface area contributed by atoms with Crippen LogP contribution >= 0.6 is 0 Å². The van der Waals surface area contributed by atoms with Crippen molar-refractivity contribution in [3.8, 4) is 0 Å². The number of hydrogen-bond acceptors (Lipinski definition) is 5. The quantitative estimate of drug-likeness (QED) is 0.873. The summed E-state index contributed by atoms with van der Waals surface area (Å²) in [5, 5.41) is 3.35. The molecule has 0 saturated carbocycles. The number of nitrogen functional groups attached to an aromatic ring is 1. The number of nitrogens with zero attached hydrogens (tertiary/aromatic N) is 3. The summed E-state index contributed by atoms with van der Waals surface area (Å²) in [6.07, 6.45) is 5.06. The second-order valence-corrected chi connectivity index (χ2v) is 5.58. The van der Waals surface area contributed by atoms with Gasteiger partial charge in [-0.25, -0.2) is 9.97 Å². The lowest BCUT2D eigenvalue weighted by Crippen LogP contribution is -2.34. The van der Waals surface area contributed by atoms with E-state index in [1.54, 1.807) is 6.33 Å². The molecular formula is C14H25N5. The molecule has 5 heteroatoms. The second-order valence-electron chi connectivity index (χ2n) is 5.58. The summed E-state index contributed by atoms with van der Waals surface area (Å²) in [4.78, 5) is 10.9. The molecule has 19 heavy (non-hydrogen) atoms. The molecule has 0 spiro atoms.